The molecule has 1 rings (SSSR count). The second-order valence-corrected chi connectivity index (χ2v) is 5.94. The van der Waals surface area contributed by atoms with E-state index in [-0.39, 0.29) is 5.54 Å². The summed E-state index contributed by atoms with van der Waals surface area (Å²) in [6.45, 7) is 12.5. The monoisotopic (exact) mass is 242 g/mol. The molecule has 1 unspecified atom stereocenters. The molecule has 1 atom stereocenters. The third kappa shape index (κ3) is 4.94. The van der Waals surface area contributed by atoms with Gasteiger partial charge in [-0.2, -0.15) is 0 Å². The molecule has 0 spiro atoms. The summed E-state index contributed by atoms with van der Waals surface area (Å²) in [5.41, 5.74) is 0.263. The summed E-state index contributed by atoms with van der Waals surface area (Å²) in [4.78, 5) is 2.58. The Bertz CT molecular complexity index is 210. The normalized spacial score (nSPS) is 21.7. The molecule has 0 bridgehead atoms. The Morgan fingerprint density at radius 1 is 1.35 bits per heavy atom. The number of nitrogens with zero attached hydrogens (tertiary/aromatic N) is 1. The van der Waals surface area contributed by atoms with E-state index in [1.165, 1.54) is 32.4 Å². The van der Waals surface area contributed by atoms with E-state index in [0.717, 1.165) is 6.54 Å². The van der Waals surface area contributed by atoms with Crippen molar-refractivity contribution in [1.29, 1.82) is 0 Å². The summed E-state index contributed by atoms with van der Waals surface area (Å²) < 4.78 is 5.41. The summed E-state index contributed by atoms with van der Waals surface area (Å²) in [6, 6.07) is 0.624. The number of methoxy groups -OCH3 is 1. The Morgan fingerprint density at radius 3 is 2.41 bits per heavy atom. The maximum atomic E-state index is 5.41. The van der Waals surface area contributed by atoms with Gasteiger partial charge in [0, 0.05) is 38.3 Å². The van der Waals surface area contributed by atoms with Crippen molar-refractivity contribution in [1.82, 2.24) is 10.2 Å². The quantitative estimate of drug-likeness (QED) is 0.773. The average molecular weight is 242 g/mol. The summed E-state index contributed by atoms with van der Waals surface area (Å²) in [5.74, 6) is 0. The van der Waals surface area contributed by atoms with Crippen molar-refractivity contribution in [3.63, 3.8) is 0 Å². The minimum Gasteiger partial charge on any atom is -0.381 e. The first-order valence-electron chi connectivity index (χ1n) is 7.00. The minimum absolute atomic E-state index is 0.263. The molecule has 17 heavy (non-hydrogen) atoms. The van der Waals surface area contributed by atoms with Crippen LogP contribution in [0.15, 0.2) is 0 Å². The maximum absolute atomic E-state index is 5.41. The number of nitrogens with one attached hydrogen (secondary N) is 1. The minimum atomic E-state index is 0.263. The van der Waals surface area contributed by atoms with Gasteiger partial charge in [0.1, 0.15) is 0 Å². The maximum Gasteiger partial charge on any atom is 0.0595 e. The Hall–Kier alpha value is -0.120. The van der Waals surface area contributed by atoms with Crippen molar-refractivity contribution in [2.45, 2.75) is 64.6 Å². The van der Waals surface area contributed by atoms with Crippen LogP contribution in [0.1, 0.15) is 47.0 Å². The van der Waals surface area contributed by atoms with Crippen LogP contribution in [0.3, 0.4) is 0 Å². The van der Waals surface area contributed by atoms with Gasteiger partial charge in [0.05, 0.1) is 6.10 Å². The van der Waals surface area contributed by atoms with Crippen LogP contribution < -0.4 is 5.32 Å². The predicted octanol–water partition coefficient (Wildman–Crippen LogP) is 2.26. The third-order valence-corrected chi connectivity index (χ3v) is 4.19. The van der Waals surface area contributed by atoms with Gasteiger partial charge >= 0.3 is 0 Å². The highest BCUT2D eigenvalue weighted by Gasteiger charge is 2.23. The largest absolute Gasteiger partial charge is 0.381 e. The highest BCUT2D eigenvalue weighted by atomic mass is 16.5. The number of likely N-dealkylation sites (tertiary alicyclic amines) is 1. The number of rotatable bonds is 6. The van der Waals surface area contributed by atoms with E-state index in [1.807, 2.05) is 7.11 Å². The molecular weight excluding hydrogens is 212 g/mol. The molecule has 0 aromatic heterocycles. The summed E-state index contributed by atoms with van der Waals surface area (Å²) >= 11 is 0. The van der Waals surface area contributed by atoms with Gasteiger partial charge in [0.2, 0.25) is 0 Å². The van der Waals surface area contributed by atoms with E-state index in [9.17, 15) is 0 Å². The molecule has 1 aliphatic rings. The summed E-state index contributed by atoms with van der Waals surface area (Å²) in [6.07, 6.45) is 4.01. The van der Waals surface area contributed by atoms with Gasteiger partial charge in [-0.15, -0.1) is 0 Å². The van der Waals surface area contributed by atoms with Gasteiger partial charge in [-0.25, -0.2) is 0 Å². The predicted molar refractivity (Wildman–Crippen MR) is 73.4 cm³/mol. The van der Waals surface area contributed by atoms with Crippen LogP contribution in [0.5, 0.6) is 0 Å². The molecule has 0 aromatic carbocycles. The van der Waals surface area contributed by atoms with Crippen molar-refractivity contribution < 1.29 is 4.74 Å². The molecule has 102 valence electrons. The van der Waals surface area contributed by atoms with Crippen LogP contribution in [0.25, 0.3) is 0 Å². The lowest BCUT2D eigenvalue weighted by Gasteiger charge is -2.37. The van der Waals surface area contributed by atoms with Gasteiger partial charge in [0.15, 0.2) is 0 Å². The number of piperidine rings is 1. The Balaban J connectivity index is 2.27. The van der Waals surface area contributed by atoms with Crippen molar-refractivity contribution in [2.24, 2.45) is 0 Å². The van der Waals surface area contributed by atoms with Crippen LogP contribution in [0.4, 0.5) is 0 Å². The Morgan fingerprint density at radius 2 is 1.94 bits per heavy atom. The highest BCUT2D eigenvalue weighted by molar-refractivity contribution is 4.81. The first-order chi connectivity index (χ1) is 7.98. The molecular formula is C14H30N2O. The molecule has 1 saturated heterocycles. The number of hydrogen-bond donors (Lipinski definition) is 1. The zero-order valence-corrected chi connectivity index (χ0v) is 12.3. The molecule has 0 radical (unpaired) electrons. The summed E-state index contributed by atoms with van der Waals surface area (Å²) in [7, 11) is 1.83. The SMILES string of the molecule is CCC(C)(C)NCC(C)N1CCC(OC)CC1. The number of hydrogen-bond acceptors (Lipinski definition) is 3. The lowest BCUT2D eigenvalue weighted by Crippen LogP contribution is -2.50. The molecule has 3 heteroatoms. The van der Waals surface area contributed by atoms with Crippen LogP contribution in [0, 0.1) is 0 Å². The fourth-order valence-electron chi connectivity index (χ4n) is 2.23. The van der Waals surface area contributed by atoms with Crippen molar-refractivity contribution in [2.75, 3.05) is 26.7 Å². The second kappa shape index (κ2) is 6.72. The van der Waals surface area contributed by atoms with E-state index in [2.05, 4.69) is 37.9 Å². The lowest BCUT2D eigenvalue weighted by molar-refractivity contribution is 0.0288. The van der Waals surface area contributed by atoms with Gasteiger partial charge in [0.25, 0.3) is 0 Å². The van der Waals surface area contributed by atoms with Crippen molar-refractivity contribution in [3.8, 4) is 0 Å². The summed E-state index contributed by atoms with van der Waals surface area (Å²) in [5, 5.41) is 3.66. The smallest absolute Gasteiger partial charge is 0.0595 e. The standard InChI is InChI=1S/C14H30N2O/c1-6-14(3,4)15-11-12(2)16-9-7-13(17-5)8-10-16/h12-13,15H,6-11H2,1-5H3. The van der Waals surface area contributed by atoms with E-state index < -0.39 is 0 Å². The Labute approximate surface area is 107 Å². The average Bonchev–Trinajstić information content (AvgIpc) is 2.36. The van der Waals surface area contributed by atoms with E-state index in [1.54, 1.807) is 0 Å². The first-order valence-corrected chi connectivity index (χ1v) is 7.00. The molecule has 1 N–H and O–H groups in total. The molecule has 1 fully saturated rings. The topological polar surface area (TPSA) is 24.5 Å². The first kappa shape index (κ1) is 14.9. The molecule has 0 saturated carbocycles. The molecule has 1 aliphatic heterocycles. The van der Waals surface area contributed by atoms with E-state index in [0.29, 0.717) is 12.1 Å². The number of ether oxygens (including phenoxy) is 1. The van der Waals surface area contributed by atoms with E-state index >= 15 is 0 Å². The third-order valence-electron chi connectivity index (χ3n) is 4.19. The fraction of sp³-hybridized carbons (Fsp3) is 1.00. The van der Waals surface area contributed by atoms with Gasteiger partial charge in [-0.3, -0.25) is 4.90 Å². The molecule has 0 aromatic rings. The second-order valence-electron chi connectivity index (χ2n) is 5.94. The van der Waals surface area contributed by atoms with Gasteiger partial charge in [-0.1, -0.05) is 6.92 Å². The van der Waals surface area contributed by atoms with Crippen LogP contribution in [-0.4, -0.2) is 49.3 Å². The van der Waals surface area contributed by atoms with Gasteiger partial charge < -0.3 is 10.1 Å². The molecule has 3 nitrogen and oxygen atoms in total. The van der Waals surface area contributed by atoms with Gasteiger partial charge in [-0.05, 0) is 40.0 Å². The Kier molecular flexibility index (Phi) is 5.90. The highest BCUT2D eigenvalue weighted by Crippen LogP contribution is 2.15. The van der Waals surface area contributed by atoms with Crippen LogP contribution >= 0.6 is 0 Å². The zero-order chi connectivity index (χ0) is 12.9. The van der Waals surface area contributed by atoms with Crippen molar-refractivity contribution in [3.05, 3.63) is 0 Å². The van der Waals surface area contributed by atoms with Crippen LogP contribution in [-0.2, 0) is 4.74 Å². The van der Waals surface area contributed by atoms with Crippen molar-refractivity contribution >= 4 is 0 Å². The molecule has 1 heterocycles. The fourth-order valence-corrected chi connectivity index (χ4v) is 2.23. The van der Waals surface area contributed by atoms with Crippen LogP contribution in [0.2, 0.25) is 0 Å². The molecule has 0 amide bonds. The zero-order valence-electron chi connectivity index (χ0n) is 12.3. The van der Waals surface area contributed by atoms with E-state index in [4.69, 9.17) is 4.74 Å². The lowest BCUT2D eigenvalue weighted by atomic mass is 10.0. The molecule has 0 aliphatic carbocycles.